The molecule has 0 aliphatic heterocycles. The molecule has 10 aromatic carbocycles. The van der Waals surface area contributed by atoms with Crippen LogP contribution in [0.5, 0.6) is 0 Å². The van der Waals surface area contributed by atoms with Crippen molar-refractivity contribution in [3.05, 3.63) is 247 Å². The van der Waals surface area contributed by atoms with Crippen LogP contribution in [0.15, 0.2) is 224 Å². The van der Waals surface area contributed by atoms with Crippen molar-refractivity contribution in [2.75, 3.05) is 4.90 Å². The van der Waals surface area contributed by atoms with Gasteiger partial charge in [0.2, 0.25) is 0 Å². The van der Waals surface area contributed by atoms with Gasteiger partial charge in [0.15, 0.2) is 0 Å². The van der Waals surface area contributed by atoms with E-state index in [1.807, 2.05) is 0 Å². The summed E-state index contributed by atoms with van der Waals surface area (Å²) in [6, 6.07) is 82.7. The summed E-state index contributed by atoms with van der Waals surface area (Å²) in [5.74, 6) is 0. The quantitative estimate of drug-likeness (QED) is 0.158. The molecule has 0 spiro atoms. The van der Waals surface area contributed by atoms with E-state index >= 15 is 0 Å². The summed E-state index contributed by atoms with van der Waals surface area (Å²) in [6.45, 7) is 0. The van der Waals surface area contributed by atoms with E-state index in [1.165, 1.54) is 88.3 Å². The average molecular weight is 752 g/mol. The van der Waals surface area contributed by atoms with Gasteiger partial charge in [0.25, 0.3) is 0 Å². The monoisotopic (exact) mass is 751 g/mol. The first kappa shape index (κ1) is 34.7. The van der Waals surface area contributed by atoms with E-state index in [1.54, 1.807) is 0 Å². The number of hydrogen-bond acceptors (Lipinski definition) is 1. The molecule has 10 aromatic rings. The molecule has 1 nitrogen and oxygen atoms in total. The SMILES string of the molecule is c1ccc(-c2ccc(N(c3ccc(-c4ccc5c(ccc6ccccc65)c4)cc3)c3ccc4c(c3)Cc3ccccc3-c3ccccc3Cc3ccccc3-4)cc2)cc1. The molecule has 0 amide bonds. The zero-order valence-electron chi connectivity index (χ0n) is 32.7. The molecule has 0 heterocycles. The minimum absolute atomic E-state index is 0.818. The van der Waals surface area contributed by atoms with Crippen molar-refractivity contribution >= 4 is 38.6 Å². The summed E-state index contributed by atoms with van der Waals surface area (Å²) >= 11 is 0. The van der Waals surface area contributed by atoms with Crippen molar-refractivity contribution in [1.82, 2.24) is 0 Å². The molecule has 59 heavy (non-hydrogen) atoms. The molecule has 0 saturated carbocycles. The average Bonchev–Trinajstić information content (AvgIpc) is 3.30. The third-order valence-electron chi connectivity index (χ3n) is 12.2. The molecule has 0 atom stereocenters. The fourth-order valence-electron chi connectivity index (χ4n) is 9.23. The second-order valence-corrected chi connectivity index (χ2v) is 15.7. The van der Waals surface area contributed by atoms with Gasteiger partial charge in [0.05, 0.1) is 0 Å². The normalized spacial score (nSPS) is 11.9. The van der Waals surface area contributed by atoms with Crippen molar-refractivity contribution < 1.29 is 0 Å². The summed E-state index contributed by atoms with van der Waals surface area (Å²) in [7, 11) is 0. The Kier molecular flexibility index (Phi) is 8.71. The Hall–Kier alpha value is -7.48. The van der Waals surface area contributed by atoms with Gasteiger partial charge in [-0.05, 0) is 144 Å². The van der Waals surface area contributed by atoms with Crippen LogP contribution in [0.4, 0.5) is 17.1 Å². The van der Waals surface area contributed by atoms with Gasteiger partial charge in [-0.2, -0.15) is 0 Å². The van der Waals surface area contributed by atoms with Gasteiger partial charge in [-0.1, -0.05) is 182 Å². The van der Waals surface area contributed by atoms with E-state index in [2.05, 4.69) is 229 Å². The van der Waals surface area contributed by atoms with E-state index in [0.29, 0.717) is 0 Å². The van der Waals surface area contributed by atoms with Crippen molar-refractivity contribution in [2.24, 2.45) is 0 Å². The summed E-state index contributed by atoms with van der Waals surface area (Å²) in [4.78, 5) is 2.41. The highest BCUT2D eigenvalue weighted by atomic mass is 15.1. The topological polar surface area (TPSA) is 3.24 Å². The molecule has 0 fully saturated rings. The maximum Gasteiger partial charge on any atom is 0.0464 e. The lowest BCUT2D eigenvalue weighted by molar-refractivity contribution is 1.14. The van der Waals surface area contributed by atoms with Crippen molar-refractivity contribution in [2.45, 2.75) is 12.8 Å². The molecule has 1 aliphatic rings. The van der Waals surface area contributed by atoms with Crippen LogP contribution in [0.25, 0.3) is 66.1 Å². The van der Waals surface area contributed by atoms with Crippen LogP contribution >= 0.6 is 0 Å². The van der Waals surface area contributed by atoms with Crippen LogP contribution < -0.4 is 4.90 Å². The predicted octanol–water partition coefficient (Wildman–Crippen LogP) is 15.6. The van der Waals surface area contributed by atoms with E-state index in [-0.39, 0.29) is 0 Å². The number of benzene rings is 10. The molecule has 1 aliphatic carbocycles. The predicted molar refractivity (Wildman–Crippen MR) is 250 cm³/mol. The molecule has 0 radical (unpaired) electrons. The molecule has 1 heteroatoms. The van der Waals surface area contributed by atoms with Crippen LogP contribution in [0, 0.1) is 0 Å². The van der Waals surface area contributed by atoms with Crippen molar-refractivity contribution in [3.8, 4) is 44.5 Å². The van der Waals surface area contributed by atoms with Crippen molar-refractivity contribution in [1.29, 1.82) is 0 Å². The van der Waals surface area contributed by atoms with E-state index in [0.717, 1.165) is 29.9 Å². The molecule has 0 N–H and O–H groups in total. The highest BCUT2D eigenvalue weighted by Crippen LogP contribution is 2.42. The van der Waals surface area contributed by atoms with Crippen LogP contribution in [0.1, 0.15) is 22.3 Å². The van der Waals surface area contributed by atoms with E-state index in [4.69, 9.17) is 0 Å². The number of nitrogens with zero attached hydrogens (tertiary/aromatic N) is 1. The van der Waals surface area contributed by atoms with E-state index in [9.17, 15) is 0 Å². The van der Waals surface area contributed by atoms with Crippen LogP contribution in [0.2, 0.25) is 0 Å². The third-order valence-corrected chi connectivity index (χ3v) is 12.2. The number of fused-ring (bicyclic) bond motifs is 9. The smallest absolute Gasteiger partial charge is 0.0464 e. The Morgan fingerprint density at radius 3 is 1.34 bits per heavy atom. The highest BCUT2D eigenvalue weighted by Gasteiger charge is 2.21. The Labute approximate surface area is 346 Å². The first-order valence-corrected chi connectivity index (χ1v) is 20.6. The molecule has 0 unspecified atom stereocenters. The lowest BCUT2D eigenvalue weighted by atomic mass is 9.84. The molecular weight excluding hydrogens is 711 g/mol. The molecule has 278 valence electrons. The fraction of sp³-hybridized carbons (Fsp3) is 0.0345. The summed E-state index contributed by atoms with van der Waals surface area (Å²) in [6.07, 6.45) is 1.70. The van der Waals surface area contributed by atoms with Gasteiger partial charge in [0.1, 0.15) is 0 Å². The van der Waals surface area contributed by atoms with Crippen LogP contribution in [-0.2, 0) is 12.8 Å². The summed E-state index contributed by atoms with van der Waals surface area (Å²) in [5, 5.41) is 5.10. The van der Waals surface area contributed by atoms with E-state index < -0.39 is 0 Å². The lowest BCUT2D eigenvalue weighted by Gasteiger charge is -2.28. The maximum atomic E-state index is 2.43. The van der Waals surface area contributed by atoms with Gasteiger partial charge in [-0.15, -0.1) is 0 Å². The number of rotatable bonds is 5. The molecule has 0 aromatic heterocycles. The third kappa shape index (κ3) is 6.48. The largest absolute Gasteiger partial charge is 0.310 e. The van der Waals surface area contributed by atoms with Gasteiger partial charge < -0.3 is 4.90 Å². The Morgan fingerprint density at radius 1 is 0.254 bits per heavy atom. The second kappa shape index (κ2) is 14.8. The lowest BCUT2D eigenvalue weighted by Crippen LogP contribution is -2.11. The Bertz CT molecular complexity index is 3140. The Balaban J connectivity index is 1.04. The number of anilines is 3. The molecule has 11 rings (SSSR count). The zero-order valence-corrected chi connectivity index (χ0v) is 32.7. The number of hydrogen-bond donors (Lipinski definition) is 0. The summed E-state index contributed by atoms with van der Waals surface area (Å²) in [5.41, 5.74) is 18.8. The second-order valence-electron chi connectivity index (χ2n) is 15.7. The standard InChI is InChI=1S/C58H41N/c1-2-12-40(13-3-1)41-24-29-50(30-25-41)59(51-31-26-42(27-32-51)44-28-34-57-48(36-44)23-22-43-14-4-8-18-53(43)57)52-33-35-58-49(39-52)38-47-17-7-10-20-55(47)54-19-9-5-15-45(54)37-46-16-6-11-21-56(46)58/h1-36,39H,37-38H2. The summed E-state index contributed by atoms with van der Waals surface area (Å²) < 4.78 is 0. The molecular formula is C58H41N. The van der Waals surface area contributed by atoms with Crippen LogP contribution in [0.3, 0.4) is 0 Å². The Morgan fingerprint density at radius 2 is 0.695 bits per heavy atom. The first-order valence-electron chi connectivity index (χ1n) is 20.6. The molecule has 0 bridgehead atoms. The van der Waals surface area contributed by atoms with Crippen molar-refractivity contribution in [3.63, 3.8) is 0 Å². The first-order chi connectivity index (χ1) is 29.2. The van der Waals surface area contributed by atoms with Gasteiger partial charge in [0, 0.05) is 17.1 Å². The van der Waals surface area contributed by atoms with Gasteiger partial charge in [-0.3, -0.25) is 0 Å². The van der Waals surface area contributed by atoms with Crippen LogP contribution in [-0.4, -0.2) is 0 Å². The highest BCUT2D eigenvalue weighted by molar-refractivity contribution is 6.08. The van der Waals surface area contributed by atoms with Gasteiger partial charge in [-0.25, -0.2) is 0 Å². The maximum absolute atomic E-state index is 2.43. The van der Waals surface area contributed by atoms with Gasteiger partial charge >= 0.3 is 0 Å². The minimum Gasteiger partial charge on any atom is -0.310 e. The fourth-order valence-corrected chi connectivity index (χ4v) is 9.23. The zero-order chi connectivity index (χ0) is 39.1. The minimum atomic E-state index is 0.818. The molecule has 0 saturated heterocycles.